The molecule has 0 aromatic carbocycles. The first-order valence-corrected chi connectivity index (χ1v) is 5.87. The summed E-state index contributed by atoms with van der Waals surface area (Å²) in [5, 5.41) is 6.05. The summed E-state index contributed by atoms with van der Waals surface area (Å²) < 4.78 is 5.02. The Balaban J connectivity index is 1.97. The molecule has 5 heteroatoms. The highest BCUT2D eigenvalue weighted by Gasteiger charge is 2.08. The third kappa shape index (κ3) is 4.91. The number of esters is 1. The normalized spacial score (nSPS) is 10.3. The minimum absolute atomic E-state index is 0.172. The lowest BCUT2D eigenvalue weighted by Crippen LogP contribution is -2.08. The third-order valence-electron chi connectivity index (χ3n) is 2.34. The van der Waals surface area contributed by atoms with Crippen molar-refractivity contribution in [2.24, 2.45) is 0 Å². The number of aromatic nitrogens is 3. The average molecular weight is 225 g/mol. The van der Waals surface area contributed by atoms with E-state index in [0.717, 1.165) is 12.8 Å². The van der Waals surface area contributed by atoms with E-state index in [1.54, 1.807) is 0 Å². The van der Waals surface area contributed by atoms with Gasteiger partial charge in [0.1, 0.15) is 6.33 Å². The molecule has 0 aliphatic carbocycles. The van der Waals surface area contributed by atoms with Crippen molar-refractivity contribution in [2.45, 2.75) is 45.4 Å². The van der Waals surface area contributed by atoms with Crippen LogP contribution in [0.1, 0.15) is 56.1 Å². The van der Waals surface area contributed by atoms with Crippen LogP contribution < -0.4 is 0 Å². The zero-order valence-corrected chi connectivity index (χ0v) is 9.74. The van der Waals surface area contributed by atoms with Gasteiger partial charge in [0.15, 0.2) is 0 Å². The van der Waals surface area contributed by atoms with Gasteiger partial charge in [-0.25, -0.2) is 9.78 Å². The minimum Gasteiger partial charge on any atom is -0.460 e. The molecule has 0 radical (unpaired) electrons. The van der Waals surface area contributed by atoms with E-state index in [0.29, 0.717) is 6.61 Å². The second kappa shape index (κ2) is 7.84. The predicted molar refractivity (Wildman–Crippen MR) is 60.0 cm³/mol. The van der Waals surface area contributed by atoms with Crippen LogP contribution in [0.3, 0.4) is 0 Å². The quantitative estimate of drug-likeness (QED) is 0.544. The summed E-state index contributed by atoms with van der Waals surface area (Å²) in [6, 6.07) is 0. The Morgan fingerprint density at radius 3 is 2.75 bits per heavy atom. The molecule has 5 nitrogen and oxygen atoms in total. The molecule has 90 valence electrons. The molecule has 0 saturated carbocycles. The highest BCUT2D eigenvalue weighted by Crippen LogP contribution is 2.05. The first kappa shape index (κ1) is 12.7. The molecule has 0 atom stereocenters. The van der Waals surface area contributed by atoms with E-state index in [9.17, 15) is 4.79 Å². The van der Waals surface area contributed by atoms with Crippen LogP contribution in [-0.2, 0) is 4.74 Å². The summed E-state index contributed by atoms with van der Waals surface area (Å²) in [7, 11) is 0. The number of aromatic amines is 1. The topological polar surface area (TPSA) is 67.9 Å². The van der Waals surface area contributed by atoms with Crippen molar-refractivity contribution in [3.63, 3.8) is 0 Å². The maximum absolute atomic E-state index is 11.3. The second-order valence-electron chi connectivity index (χ2n) is 3.74. The summed E-state index contributed by atoms with van der Waals surface area (Å²) in [5.74, 6) is -0.253. The first-order valence-electron chi connectivity index (χ1n) is 5.87. The number of H-pyrrole nitrogens is 1. The number of hydrogen-bond donors (Lipinski definition) is 1. The Kier molecular flexibility index (Phi) is 6.22. The van der Waals surface area contributed by atoms with Crippen LogP contribution in [0.4, 0.5) is 0 Å². The molecule has 0 bridgehead atoms. The molecule has 1 aromatic heterocycles. The highest BCUT2D eigenvalue weighted by molar-refractivity contribution is 5.84. The summed E-state index contributed by atoms with van der Waals surface area (Å²) in [6.07, 6.45) is 8.35. The van der Waals surface area contributed by atoms with E-state index in [1.807, 2.05) is 0 Å². The van der Waals surface area contributed by atoms with Crippen LogP contribution in [0.2, 0.25) is 0 Å². The van der Waals surface area contributed by atoms with E-state index in [1.165, 1.54) is 32.0 Å². The number of nitrogens with zero attached hydrogens (tertiary/aromatic N) is 2. The van der Waals surface area contributed by atoms with Gasteiger partial charge in [0.2, 0.25) is 5.82 Å². The number of rotatable bonds is 8. The Hall–Kier alpha value is -1.39. The fraction of sp³-hybridized carbons (Fsp3) is 0.727. The van der Waals surface area contributed by atoms with Crippen molar-refractivity contribution < 1.29 is 9.53 Å². The zero-order chi connectivity index (χ0) is 11.6. The number of carbonyl (C=O) groups is 1. The molecule has 16 heavy (non-hydrogen) atoms. The molecule has 0 aliphatic heterocycles. The molecular weight excluding hydrogens is 206 g/mol. The molecule has 1 N–H and O–H groups in total. The standard InChI is InChI=1S/C11H19N3O2/c1-2-3-4-5-6-7-8-16-11(15)10-12-9-13-14-10/h9H,2-8H2,1H3,(H,12,13,14). The SMILES string of the molecule is CCCCCCCCOC(=O)c1ncn[nH]1. The van der Waals surface area contributed by atoms with Crippen molar-refractivity contribution in [3.05, 3.63) is 12.2 Å². The third-order valence-corrected chi connectivity index (χ3v) is 2.34. The lowest BCUT2D eigenvalue weighted by Gasteiger charge is -2.02. The van der Waals surface area contributed by atoms with Crippen LogP contribution in [0.15, 0.2) is 6.33 Å². The van der Waals surface area contributed by atoms with Gasteiger partial charge in [0.05, 0.1) is 6.61 Å². The van der Waals surface area contributed by atoms with E-state index in [4.69, 9.17) is 4.74 Å². The monoisotopic (exact) mass is 225 g/mol. The van der Waals surface area contributed by atoms with Gasteiger partial charge in [-0.05, 0) is 6.42 Å². The van der Waals surface area contributed by atoms with Gasteiger partial charge >= 0.3 is 5.97 Å². The van der Waals surface area contributed by atoms with Crippen LogP contribution >= 0.6 is 0 Å². The van der Waals surface area contributed by atoms with E-state index < -0.39 is 5.97 Å². The molecule has 0 amide bonds. The fourth-order valence-corrected chi connectivity index (χ4v) is 1.42. The first-order chi connectivity index (χ1) is 7.84. The van der Waals surface area contributed by atoms with E-state index in [-0.39, 0.29) is 5.82 Å². The van der Waals surface area contributed by atoms with Crippen LogP contribution in [-0.4, -0.2) is 27.8 Å². The van der Waals surface area contributed by atoms with Gasteiger partial charge in [0, 0.05) is 0 Å². The van der Waals surface area contributed by atoms with Crippen molar-refractivity contribution in [2.75, 3.05) is 6.61 Å². The summed E-state index contributed by atoms with van der Waals surface area (Å²) in [6.45, 7) is 2.66. The molecule has 1 heterocycles. The average Bonchev–Trinajstić information content (AvgIpc) is 2.81. The fourth-order valence-electron chi connectivity index (χ4n) is 1.42. The van der Waals surface area contributed by atoms with Gasteiger partial charge in [-0.2, -0.15) is 5.10 Å². The summed E-state index contributed by atoms with van der Waals surface area (Å²) in [5.41, 5.74) is 0. The number of carbonyl (C=O) groups excluding carboxylic acids is 1. The van der Waals surface area contributed by atoms with Gasteiger partial charge in [-0.1, -0.05) is 39.0 Å². The highest BCUT2D eigenvalue weighted by atomic mass is 16.5. The summed E-state index contributed by atoms with van der Waals surface area (Å²) >= 11 is 0. The van der Waals surface area contributed by atoms with Crippen molar-refractivity contribution in [1.82, 2.24) is 15.2 Å². The Morgan fingerprint density at radius 1 is 1.31 bits per heavy atom. The Morgan fingerprint density at radius 2 is 2.06 bits per heavy atom. The van der Waals surface area contributed by atoms with Gasteiger partial charge in [-0.15, -0.1) is 0 Å². The van der Waals surface area contributed by atoms with Gasteiger partial charge in [0.25, 0.3) is 0 Å². The molecular formula is C11H19N3O2. The lowest BCUT2D eigenvalue weighted by molar-refractivity contribution is 0.0484. The lowest BCUT2D eigenvalue weighted by atomic mass is 10.1. The molecule has 0 saturated heterocycles. The number of ether oxygens (including phenoxy) is 1. The van der Waals surface area contributed by atoms with Crippen molar-refractivity contribution >= 4 is 5.97 Å². The molecule has 0 fully saturated rings. The maximum atomic E-state index is 11.3. The van der Waals surface area contributed by atoms with Crippen LogP contribution in [0.5, 0.6) is 0 Å². The van der Waals surface area contributed by atoms with Gasteiger partial charge < -0.3 is 4.74 Å². The second-order valence-corrected chi connectivity index (χ2v) is 3.74. The molecule has 0 unspecified atom stereocenters. The molecule has 1 aromatic rings. The largest absolute Gasteiger partial charge is 0.460 e. The maximum Gasteiger partial charge on any atom is 0.375 e. The Labute approximate surface area is 95.6 Å². The molecule has 1 rings (SSSR count). The number of nitrogens with one attached hydrogen (secondary N) is 1. The van der Waals surface area contributed by atoms with Crippen LogP contribution in [0, 0.1) is 0 Å². The van der Waals surface area contributed by atoms with Gasteiger partial charge in [-0.3, -0.25) is 5.10 Å². The van der Waals surface area contributed by atoms with Crippen molar-refractivity contribution in [3.8, 4) is 0 Å². The Bertz CT molecular complexity index is 285. The zero-order valence-electron chi connectivity index (χ0n) is 9.74. The van der Waals surface area contributed by atoms with E-state index in [2.05, 4.69) is 22.1 Å². The minimum atomic E-state index is -0.425. The van der Waals surface area contributed by atoms with Crippen molar-refractivity contribution in [1.29, 1.82) is 0 Å². The molecule has 0 aliphatic rings. The predicted octanol–water partition coefficient (Wildman–Crippen LogP) is 2.32. The summed E-state index contributed by atoms with van der Waals surface area (Å²) in [4.78, 5) is 15.0. The number of unbranched alkanes of at least 4 members (excludes halogenated alkanes) is 5. The number of hydrogen-bond acceptors (Lipinski definition) is 4. The van der Waals surface area contributed by atoms with E-state index >= 15 is 0 Å². The molecule has 0 spiro atoms. The smallest absolute Gasteiger partial charge is 0.375 e. The van der Waals surface area contributed by atoms with Crippen LogP contribution in [0.25, 0.3) is 0 Å².